The second-order valence-corrected chi connectivity index (χ2v) is 5.23. The molecule has 7 nitrogen and oxygen atoms in total. The van der Waals surface area contributed by atoms with Gasteiger partial charge in [-0.3, -0.25) is 14.9 Å². The minimum absolute atomic E-state index is 0.00214. The van der Waals surface area contributed by atoms with Crippen LogP contribution >= 0.6 is 11.6 Å². The molecule has 128 valence electrons. The SMILES string of the molecule is O=C(COC(=O)/C=C/c1ccc(Cl)c([N+](=O)[O-])c1)Nc1ccccc1. The van der Waals surface area contributed by atoms with Crippen molar-refractivity contribution in [3.05, 3.63) is 75.3 Å². The minimum Gasteiger partial charge on any atom is -0.452 e. The van der Waals surface area contributed by atoms with Gasteiger partial charge in [-0.1, -0.05) is 35.9 Å². The number of nitrogens with zero attached hydrogens (tertiary/aromatic N) is 1. The van der Waals surface area contributed by atoms with Gasteiger partial charge in [-0.25, -0.2) is 4.79 Å². The Kier molecular flexibility index (Phi) is 6.25. The first-order chi connectivity index (χ1) is 12.0. The summed E-state index contributed by atoms with van der Waals surface area (Å²) in [5, 5.41) is 13.4. The number of anilines is 1. The highest BCUT2D eigenvalue weighted by molar-refractivity contribution is 6.32. The molecule has 2 aromatic rings. The van der Waals surface area contributed by atoms with Crippen LogP contribution in [0.1, 0.15) is 5.56 Å². The summed E-state index contributed by atoms with van der Waals surface area (Å²) in [6.45, 7) is -0.446. The number of hydrogen-bond acceptors (Lipinski definition) is 5. The summed E-state index contributed by atoms with van der Waals surface area (Å²) in [7, 11) is 0. The summed E-state index contributed by atoms with van der Waals surface area (Å²) in [5.74, 6) is -1.23. The number of carbonyl (C=O) groups is 2. The van der Waals surface area contributed by atoms with Crippen LogP contribution in [0.4, 0.5) is 11.4 Å². The van der Waals surface area contributed by atoms with Crippen molar-refractivity contribution in [3.63, 3.8) is 0 Å². The zero-order chi connectivity index (χ0) is 18.2. The molecule has 8 heteroatoms. The Morgan fingerprint density at radius 1 is 1.20 bits per heavy atom. The Morgan fingerprint density at radius 3 is 2.60 bits per heavy atom. The average molecular weight is 361 g/mol. The van der Waals surface area contributed by atoms with Crippen LogP contribution in [0.2, 0.25) is 5.02 Å². The molecule has 0 fully saturated rings. The van der Waals surface area contributed by atoms with Crippen molar-refractivity contribution in [2.75, 3.05) is 11.9 Å². The summed E-state index contributed by atoms with van der Waals surface area (Å²) < 4.78 is 4.80. The molecular formula is C17H13ClN2O5. The first-order valence-corrected chi connectivity index (χ1v) is 7.47. The van der Waals surface area contributed by atoms with E-state index < -0.39 is 23.4 Å². The second kappa shape index (κ2) is 8.60. The van der Waals surface area contributed by atoms with Crippen molar-refractivity contribution in [2.45, 2.75) is 0 Å². The van der Waals surface area contributed by atoms with Crippen molar-refractivity contribution < 1.29 is 19.2 Å². The molecule has 0 heterocycles. The third-order valence-corrected chi connectivity index (χ3v) is 3.30. The van der Waals surface area contributed by atoms with Crippen molar-refractivity contribution >= 4 is 40.9 Å². The highest BCUT2D eigenvalue weighted by atomic mass is 35.5. The molecule has 0 unspecified atom stereocenters. The highest BCUT2D eigenvalue weighted by Crippen LogP contribution is 2.25. The molecule has 25 heavy (non-hydrogen) atoms. The lowest BCUT2D eigenvalue weighted by Crippen LogP contribution is -2.20. The highest BCUT2D eigenvalue weighted by Gasteiger charge is 2.12. The van der Waals surface area contributed by atoms with Crippen LogP contribution in [-0.4, -0.2) is 23.4 Å². The van der Waals surface area contributed by atoms with Gasteiger partial charge in [0, 0.05) is 17.8 Å². The van der Waals surface area contributed by atoms with Gasteiger partial charge in [-0.05, 0) is 29.8 Å². The number of carbonyl (C=O) groups excluding carboxylic acids is 2. The van der Waals surface area contributed by atoms with Crippen LogP contribution in [0.5, 0.6) is 0 Å². The number of halogens is 1. The van der Waals surface area contributed by atoms with E-state index in [1.165, 1.54) is 24.3 Å². The van der Waals surface area contributed by atoms with E-state index in [2.05, 4.69) is 5.32 Å². The number of hydrogen-bond donors (Lipinski definition) is 1. The quantitative estimate of drug-likeness (QED) is 0.368. The molecule has 0 radical (unpaired) electrons. The largest absolute Gasteiger partial charge is 0.452 e. The lowest BCUT2D eigenvalue weighted by Gasteiger charge is -2.04. The Balaban J connectivity index is 1.87. The number of nitro groups is 1. The van der Waals surface area contributed by atoms with Gasteiger partial charge in [-0.15, -0.1) is 0 Å². The van der Waals surface area contributed by atoms with E-state index in [-0.39, 0.29) is 10.7 Å². The maximum absolute atomic E-state index is 11.6. The summed E-state index contributed by atoms with van der Waals surface area (Å²) >= 11 is 5.70. The molecule has 0 saturated heterocycles. The smallest absolute Gasteiger partial charge is 0.331 e. The van der Waals surface area contributed by atoms with E-state index in [9.17, 15) is 19.7 Å². The predicted molar refractivity (Wildman–Crippen MR) is 93.2 cm³/mol. The third-order valence-electron chi connectivity index (χ3n) is 2.98. The lowest BCUT2D eigenvalue weighted by molar-refractivity contribution is -0.384. The van der Waals surface area contributed by atoms with Gasteiger partial charge in [-0.2, -0.15) is 0 Å². The fourth-order valence-electron chi connectivity index (χ4n) is 1.84. The summed E-state index contributed by atoms with van der Waals surface area (Å²) in [6, 6.07) is 12.8. The van der Waals surface area contributed by atoms with Crippen molar-refractivity contribution in [3.8, 4) is 0 Å². The van der Waals surface area contributed by atoms with E-state index in [4.69, 9.17) is 16.3 Å². The van der Waals surface area contributed by atoms with E-state index >= 15 is 0 Å². The second-order valence-electron chi connectivity index (χ2n) is 4.82. The molecule has 2 aromatic carbocycles. The molecule has 0 aromatic heterocycles. The van der Waals surface area contributed by atoms with Crippen LogP contribution in [-0.2, 0) is 14.3 Å². The van der Waals surface area contributed by atoms with Gasteiger partial charge in [0.25, 0.3) is 11.6 Å². The molecule has 0 aliphatic heterocycles. The molecule has 0 spiro atoms. The Morgan fingerprint density at radius 2 is 1.92 bits per heavy atom. The number of rotatable bonds is 6. The fourth-order valence-corrected chi connectivity index (χ4v) is 2.03. The number of amides is 1. The molecule has 2 rings (SSSR count). The topological polar surface area (TPSA) is 98.5 Å². The lowest BCUT2D eigenvalue weighted by atomic mass is 10.2. The van der Waals surface area contributed by atoms with Gasteiger partial charge < -0.3 is 10.1 Å². The standard InChI is InChI=1S/C17H13ClN2O5/c18-14-8-6-12(10-15(14)20(23)24)7-9-17(22)25-11-16(21)19-13-4-2-1-3-5-13/h1-10H,11H2,(H,19,21)/b9-7+. The third kappa shape index (κ3) is 5.74. The van der Waals surface area contributed by atoms with Crippen LogP contribution in [0.3, 0.4) is 0 Å². The Labute approximate surface area is 148 Å². The molecule has 0 aliphatic rings. The van der Waals surface area contributed by atoms with Crippen LogP contribution < -0.4 is 5.32 Å². The van der Waals surface area contributed by atoms with E-state index in [0.29, 0.717) is 11.3 Å². The monoisotopic (exact) mass is 360 g/mol. The maximum atomic E-state index is 11.6. The normalized spacial score (nSPS) is 10.4. The van der Waals surface area contributed by atoms with Crippen LogP contribution in [0.25, 0.3) is 6.08 Å². The molecule has 1 N–H and O–H groups in total. The number of para-hydroxylation sites is 1. The average Bonchev–Trinajstić information content (AvgIpc) is 2.60. The van der Waals surface area contributed by atoms with Crippen LogP contribution in [0, 0.1) is 10.1 Å². The zero-order valence-corrected chi connectivity index (χ0v) is 13.6. The summed E-state index contributed by atoms with van der Waals surface area (Å²) in [6.07, 6.45) is 2.41. The van der Waals surface area contributed by atoms with E-state index in [1.54, 1.807) is 24.3 Å². The number of benzene rings is 2. The minimum atomic E-state index is -0.749. The number of nitrogens with one attached hydrogen (secondary N) is 1. The Hall–Kier alpha value is -3.19. The zero-order valence-electron chi connectivity index (χ0n) is 12.8. The van der Waals surface area contributed by atoms with E-state index in [0.717, 1.165) is 6.08 Å². The van der Waals surface area contributed by atoms with Crippen molar-refractivity contribution in [1.82, 2.24) is 0 Å². The number of ether oxygens (including phenoxy) is 1. The first kappa shape index (κ1) is 18.2. The fraction of sp³-hybridized carbons (Fsp3) is 0.0588. The molecule has 0 atom stereocenters. The molecular weight excluding hydrogens is 348 g/mol. The van der Waals surface area contributed by atoms with Crippen molar-refractivity contribution in [1.29, 1.82) is 0 Å². The van der Waals surface area contributed by atoms with Gasteiger partial charge in [0.05, 0.1) is 4.92 Å². The molecule has 0 bridgehead atoms. The predicted octanol–water partition coefficient (Wildman–Crippen LogP) is 3.44. The van der Waals surface area contributed by atoms with Gasteiger partial charge in [0.1, 0.15) is 5.02 Å². The molecule has 0 saturated carbocycles. The number of esters is 1. The molecule has 0 aliphatic carbocycles. The molecule has 1 amide bonds. The van der Waals surface area contributed by atoms with Gasteiger partial charge in [0.15, 0.2) is 6.61 Å². The van der Waals surface area contributed by atoms with Gasteiger partial charge >= 0.3 is 5.97 Å². The Bertz CT molecular complexity index is 821. The maximum Gasteiger partial charge on any atom is 0.331 e. The summed E-state index contributed by atoms with van der Waals surface area (Å²) in [4.78, 5) is 33.4. The van der Waals surface area contributed by atoms with E-state index in [1.807, 2.05) is 6.07 Å². The van der Waals surface area contributed by atoms with Crippen LogP contribution in [0.15, 0.2) is 54.6 Å². The van der Waals surface area contributed by atoms with Gasteiger partial charge in [0.2, 0.25) is 0 Å². The summed E-state index contributed by atoms with van der Waals surface area (Å²) in [5.41, 5.74) is 0.730. The number of nitro benzene ring substituents is 1. The first-order valence-electron chi connectivity index (χ1n) is 7.09. The van der Waals surface area contributed by atoms with Crippen molar-refractivity contribution in [2.24, 2.45) is 0 Å².